The maximum atomic E-state index is 12.4. The smallest absolute Gasteiger partial charge is 0.166 e. The summed E-state index contributed by atoms with van der Waals surface area (Å²) in [6.07, 6.45) is -4.32. The molecule has 0 aromatic heterocycles. The lowest BCUT2D eigenvalue weighted by Crippen LogP contribution is -2.03. The van der Waals surface area contributed by atoms with Crippen molar-refractivity contribution in [3.8, 4) is 11.1 Å². The van der Waals surface area contributed by atoms with E-state index in [4.69, 9.17) is 1.37 Å². The fourth-order valence-corrected chi connectivity index (χ4v) is 1.59. The molecule has 0 nitrogen and oxygen atoms in total. The third kappa shape index (κ3) is 2.67. The second kappa shape index (κ2) is 4.24. The van der Waals surface area contributed by atoms with Crippen molar-refractivity contribution in [1.82, 2.24) is 0 Å². The average Bonchev–Trinajstić information content (AvgIpc) is 2.32. The van der Waals surface area contributed by atoms with Crippen LogP contribution in [0.3, 0.4) is 0 Å². The zero-order valence-corrected chi connectivity index (χ0v) is 9.18. The van der Waals surface area contributed by atoms with Gasteiger partial charge in [-0.05, 0) is 30.2 Å². The molecule has 0 amide bonds. The van der Waals surface area contributed by atoms with Gasteiger partial charge in [0.05, 0.1) is 6.93 Å². The van der Waals surface area contributed by atoms with E-state index in [1.807, 2.05) is 0 Å². The van der Waals surface area contributed by atoms with Gasteiger partial charge in [-0.1, -0.05) is 41.9 Å². The Morgan fingerprint density at radius 2 is 1.59 bits per heavy atom. The molecule has 0 heterocycles. The van der Waals surface area contributed by atoms with E-state index in [1.54, 1.807) is 25.1 Å². The van der Waals surface area contributed by atoms with Crippen LogP contribution in [0.4, 0.5) is 13.2 Å². The maximum absolute atomic E-state index is 12.4. The van der Waals surface area contributed by atoms with Crippen LogP contribution in [-0.4, -0.2) is 0 Å². The Morgan fingerprint density at radius 1 is 0.941 bits per heavy atom. The van der Waals surface area contributed by atoms with E-state index < -0.39 is 11.7 Å². The summed E-state index contributed by atoms with van der Waals surface area (Å²) in [4.78, 5) is 0. The van der Waals surface area contributed by atoms with Gasteiger partial charge in [0.25, 0.3) is 0 Å². The van der Waals surface area contributed by atoms with E-state index in [0.29, 0.717) is 17.2 Å². The number of hydrogen-bond acceptors (Lipinski definition) is 0. The topological polar surface area (TPSA) is 0 Å². The molecule has 17 heavy (non-hydrogen) atoms. The fourth-order valence-electron chi connectivity index (χ4n) is 1.59. The Balaban J connectivity index is 2.44. The molecule has 0 fully saturated rings. The molecule has 0 saturated heterocycles. The first-order chi connectivity index (χ1) is 8.39. The zero-order valence-electron chi connectivity index (χ0n) is 10.2. The van der Waals surface area contributed by atoms with Crippen LogP contribution in [0.5, 0.6) is 0 Å². The van der Waals surface area contributed by atoms with Gasteiger partial charge < -0.3 is 0 Å². The van der Waals surface area contributed by atoms with Crippen molar-refractivity contribution in [1.29, 1.82) is 0 Å². The standard InChI is InChI=1S/C14H11F3/c1-10-3-2-4-12(9-10)11-5-7-13(8-6-11)14(15,16)17/h2-9H,1H3/i9D. The molecule has 2 aromatic rings. The number of benzene rings is 2. The van der Waals surface area contributed by atoms with Gasteiger partial charge in [-0.15, -0.1) is 0 Å². The Hall–Kier alpha value is -1.77. The summed E-state index contributed by atoms with van der Waals surface area (Å²) in [6.45, 7) is 1.80. The minimum absolute atomic E-state index is 0.345. The Bertz CT molecular complexity index is 556. The van der Waals surface area contributed by atoms with Gasteiger partial charge in [0, 0.05) is 0 Å². The quantitative estimate of drug-likeness (QED) is 0.675. The summed E-state index contributed by atoms with van der Waals surface area (Å²) in [6, 6.07) is 10.5. The monoisotopic (exact) mass is 237 g/mol. The summed E-state index contributed by atoms with van der Waals surface area (Å²) in [5, 5.41) is 0. The lowest BCUT2D eigenvalue weighted by Gasteiger charge is -2.08. The van der Waals surface area contributed by atoms with Crippen LogP contribution in [0.2, 0.25) is 0 Å². The van der Waals surface area contributed by atoms with Crippen molar-refractivity contribution in [3.63, 3.8) is 0 Å². The molecule has 0 aliphatic rings. The number of aryl methyl sites for hydroxylation is 1. The van der Waals surface area contributed by atoms with Crippen LogP contribution >= 0.6 is 0 Å². The maximum Gasteiger partial charge on any atom is 0.416 e. The molecule has 3 heteroatoms. The second-order valence-corrected chi connectivity index (χ2v) is 3.82. The van der Waals surface area contributed by atoms with E-state index >= 15 is 0 Å². The number of hydrogen-bond donors (Lipinski definition) is 0. The van der Waals surface area contributed by atoms with E-state index in [2.05, 4.69) is 0 Å². The summed E-state index contributed by atoms with van der Waals surface area (Å²) < 4.78 is 45.2. The van der Waals surface area contributed by atoms with Gasteiger partial charge in [0.1, 0.15) is 0 Å². The van der Waals surface area contributed by atoms with Gasteiger partial charge in [-0.2, -0.15) is 13.2 Å². The Morgan fingerprint density at radius 3 is 2.18 bits per heavy atom. The van der Waals surface area contributed by atoms with Crippen molar-refractivity contribution in [2.45, 2.75) is 13.1 Å². The molecular weight excluding hydrogens is 225 g/mol. The van der Waals surface area contributed by atoms with Gasteiger partial charge in [-0.3, -0.25) is 0 Å². The molecular formula is C14H11F3. The van der Waals surface area contributed by atoms with Crippen LogP contribution in [0.15, 0.2) is 48.5 Å². The molecule has 0 spiro atoms. The van der Waals surface area contributed by atoms with Crippen LogP contribution in [0, 0.1) is 6.92 Å². The predicted octanol–water partition coefficient (Wildman–Crippen LogP) is 4.68. The third-order valence-corrected chi connectivity index (χ3v) is 2.46. The van der Waals surface area contributed by atoms with Gasteiger partial charge >= 0.3 is 6.18 Å². The van der Waals surface area contributed by atoms with Gasteiger partial charge in [-0.25, -0.2) is 0 Å². The highest BCUT2D eigenvalue weighted by atomic mass is 19.4. The second-order valence-electron chi connectivity index (χ2n) is 3.82. The van der Waals surface area contributed by atoms with E-state index in [1.165, 1.54) is 12.1 Å². The highest BCUT2D eigenvalue weighted by molar-refractivity contribution is 5.64. The van der Waals surface area contributed by atoms with Crippen molar-refractivity contribution in [2.75, 3.05) is 0 Å². The first kappa shape index (κ1) is 10.4. The lowest BCUT2D eigenvalue weighted by atomic mass is 10.0. The number of halogens is 3. The summed E-state index contributed by atoms with van der Waals surface area (Å²) in [5.41, 5.74) is 1.39. The molecule has 0 radical (unpaired) electrons. The van der Waals surface area contributed by atoms with Crippen molar-refractivity contribution in [2.24, 2.45) is 0 Å². The number of alkyl halides is 3. The summed E-state index contributed by atoms with van der Waals surface area (Å²) >= 11 is 0. The van der Waals surface area contributed by atoms with E-state index in [0.717, 1.165) is 17.7 Å². The minimum atomic E-state index is -4.32. The van der Waals surface area contributed by atoms with Crippen LogP contribution in [-0.2, 0) is 6.18 Å². The number of rotatable bonds is 1. The first-order valence-electron chi connectivity index (χ1n) is 5.63. The van der Waals surface area contributed by atoms with Crippen molar-refractivity contribution >= 4 is 0 Å². The molecule has 88 valence electrons. The van der Waals surface area contributed by atoms with Crippen molar-refractivity contribution < 1.29 is 14.5 Å². The molecule has 0 bridgehead atoms. The molecule has 0 aliphatic carbocycles. The molecule has 0 N–H and O–H groups in total. The molecule has 0 saturated carbocycles. The lowest BCUT2D eigenvalue weighted by molar-refractivity contribution is -0.137. The first-order valence-corrected chi connectivity index (χ1v) is 5.13. The highest BCUT2D eigenvalue weighted by Gasteiger charge is 2.29. The molecule has 0 atom stereocenters. The van der Waals surface area contributed by atoms with Crippen LogP contribution < -0.4 is 0 Å². The fraction of sp³-hybridized carbons (Fsp3) is 0.143. The minimum Gasteiger partial charge on any atom is -0.166 e. The SMILES string of the molecule is [2H]c1c(C)cccc1-c1ccc(C(F)(F)F)cc1. The predicted molar refractivity (Wildman–Crippen MR) is 61.6 cm³/mol. The zero-order chi connectivity index (χ0) is 13.3. The molecule has 0 unspecified atom stereocenters. The summed E-state index contributed by atoms with van der Waals surface area (Å²) in [5.74, 6) is 0. The molecule has 2 rings (SSSR count). The van der Waals surface area contributed by atoms with Crippen LogP contribution in [0.25, 0.3) is 11.1 Å². The highest BCUT2D eigenvalue weighted by Crippen LogP contribution is 2.31. The summed E-state index contributed by atoms with van der Waals surface area (Å²) in [7, 11) is 0. The van der Waals surface area contributed by atoms with Gasteiger partial charge in [0.2, 0.25) is 0 Å². The Labute approximate surface area is 99.1 Å². The Kier molecular flexibility index (Phi) is 2.59. The largest absolute Gasteiger partial charge is 0.416 e. The van der Waals surface area contributed by atoms with E-state index in [-0.39, 0.29) is 0 Å². The van der Waals surface area contributed by atoms with Crippen molar-refractivity contribution in [3.05, 3.63) is 59.6 Å². The molecule has 0 aliphatic heterocycles. The van der Waals surface area contributed by atoms with E-state index in [9.17, 15) is 13.2 Å². The van der Waals surface area contributed by atoms with Gasteiger partial charge in [0.15, 0.2) is 0 Å². The van der Waals surface area contributed by atoms with Crippen LogP contribution in [0.1, 0.15) is 12.5 Å². The third-order valence-electron chi connectivity index (χ3n) is 2.46. The molecule has 2 aromatic carbocycles. The average molecular weight is 237 g/mol. The normalized spacial score (nSPS) is 12.4.